The van der Waals surface area contributed by atoms with Gasteiger partial charge in [0.2, 0.25) is 5.91 Å². The number of aryl methyl sites for hydroxylation is 1. The van der Waals surface area contributed by atoms with Gasteiger partial charge in [-0.25, -0.2) is 4.79 Å². The second-order valence-corrected chi connectivity index (χ2v) is 5.96. The maximum atomic E-state index is 12.0. The zero-order chi connectivity index (χ0) is 17.5. The maximum Gasteiger partial charge on any atom is 0.319 e. The molecule has 0 fully saturated rings. The third kappa shape index (κ3) is 5.12. The van der Waals surface area contributed by atoms with Gasteiger partial charge in [-0.15, -0.1) is 0 Å². The average Bonchev–Trinajstić information content (AvgIpc) is 2.54. The lowest BCUT2D eigenvalue weighted by Crippen LogP contribution is -2.28. The zero-order valence-electron chi connectivity index (χ0n) is 14.2. The van der Waals surface area contributed by atoms with Crippen LogP contribution in [0.1, 0.15) is 25.0 Å². The molecular weight excluding hydrogens is 302 g/mol. The summed E-state index contributed by atoms with van der Waals surface area (Å²) in [6, 6.07) is 14.7. The topological polar surface area (TPSA) is 70.2 Å². The number of carbonyl (C=O) groups is 2. The van der Waals surface area contributed by atoms with Crippen LogP contribution >= 0.6 is 0 Å². The monoisotopic (exact) mass is 325 g/mol. The van der Waals surface area contributed by atoms with Crippen molar-refractivity contribution < 1.29 is 9.59 Å². The van der Waals surface area contributed by atoms with E-state index in [4.69, 9.17) is 0 Å². The molecule has 0 aromatic heterocycles. The first kappa shape index (κ1) is 17.5. The molecule has 0 aliphatic carbocycles. The summed E-state index contributed by atoms with van der Waals surface area (Å²) in [7, 11) is 0. The number of amides is 3. The lowest BCUT2D eigenvalue weighted by molar-refractivity contribution is -0.118. The Bertz CT molecular complexity index is 726. The SMILES string of the molecule is Cc1ccccc1CNC(=O)Nc1cccc(NC(=O)C(C)C)c1. The van der Waals surface area contributed by atoms with E-state index in [0.29, 0.717) is 17.9 Å². The van der Waals surface area contributed by atoms with Crippen LogP contribution in [0.5, 0.6) is 0 Å². The highest BCUT2D eigenvalue weighted by atomic mass is 16.2. The van der Waals surface area contributed by atoms with E-state index in [-0.39, 0.29) is 17.9 Å². The van der Waals surface area contributed by atoms with Crippen LogP contribution < -0.4 is 16.0 Å². The highest BCUT2D eigenvalue weighted by Gasteiger charge is 2.08. The molecule has 0 spiro atoms. The largest absolute Gasteiger partial charge is 0.334 e. The summed E-state index contributed by atoms with van der Waals surface area (Å²) in [6.45, 7) is 6.13. The minimum Gasteiger partial charge on any atom is -0.334 e. The molecule has 126 valence electrons. The van der Waals surface area contributed by atoms with Crippen molar-refractivity contribution in [3.8, 4) is 0 Å². The molecular formula is C19H23N3O2. The van der Waals surface area contributed by atoms with Crippen LogP contribution in [0.15, 0.2) is 48.5 Å². The van der Waals surface area contributed by atoms with E-state index in [0.717, 1.165) is 11.1 Å². The number of hydrogen-bond acceptors (Lipinski definition) is 2. The third-order valence-electron chi connectivity index (χ3n) is 3.61. The zero-order valence-corrected chi connectivity index (χ0v) is 14.2. The van der Waals surface area contributed by atoms with Gasteiger partial charge in [0.25, 0.3) is 0 Å². The van der Waals surface area contributed by atoms with Gasteiger partial charge in [0.15, 0.2) is 0 Å². The lowest BCUT2D eigenvalue weighted by atomic mass is 10.1. The number of anilines is 2. The summed E-state index contributed by atoms with van der Waals surface area (Å²) in [5.41, 5.74) is 3.49. The number of urea groups is 1. The molecule has 2 rings (SSSR count). The van der Waals surface area contributed by atoms with Gasteiger partial charge < -0.3 is 16.0 Å². The molecule has 0 atom stereocenters. The predicted octanol–water partition coefficient (Wildman–Crippen LogP) is 3.91. The molecule has 0 heterocycles. The van der Waals surface area contributed by atoms with Crippen molar-refractivity contribution in [3.63, 3.8) is 0 Å². The molecule has 5 heteroatoms. The fraction of sp³-hybridized carbons (Fsp3) is 0.263. The summed E-state index contributed by atoms with van der Waals surface area (Å²) < 4.78 is 0. The number of carbonyl (C=O) groups excluding carboxylic acids is 2. The summed E-state index contributed by atoms with van der Waals surface area (Å²) in [4.78, 5) is 23.8. The molecule has 3 amide bonds. The first-order valence-corrected chi connectivity index (χ1v) is 7.96. The van der Waals surface area contributed by atoms with Crippen LogP contribution in [0, 0.1) is 12.8 Å². The van der Waals surface area contributed by atoms with Crippen molar-refractivity contribution in [1.82, 2.24) is 5.32 Å². The van der Waals surface area contributed by atoms with Crippen LogP contribution in [0.3, 0.4) is 0 Å². The molecule has 0 saturated heterocycles. The summed E-state index contributed by atoms with van der Waals surface area (Å²) in [6.07, 6.45) is 0. The third-order valence-corrected chi connectivity index (χ3v) is 3.61. The fourth-order valence-corrected chi connectivity index (χ4v) is 2.12. The van der Waals surface area contributed by atoms with Gasteiger partial charge >= 0.3 is 6.03 Å². The average molecular weight is 325 g/mol. The van der Waals surface area contributed by atoms with Crippen molar-refractivity contribution in [2.75, 3.05) is 10.6 Å². The molecule has 2 aromatic rings. The first-order valence-electron chi connectivity index (χ1n) is 7.96. The first-order chi connectivity index (χ1) is 11.5. The molecule has 2 aromatic carbocycles. The van der Waals surface area contributed by atoms with Gasteiger partial charge in [0.05, 0.1) is 0 Å². The van der Waals surface area contributed by atoms with Crippen molar-refractivity contribution in [2.45, 2.75) is 27.3 Å². The highest BCUT2D eigenvalue weighted by Crippen LogP contribution is 2.16. The van der Waals surface area contributed by atoms with E-state index in [9.17, 15) is 9.59 Å². The Kier molecular flexibility index (Phi) is 5.95. The molecule has 0 aliphatic rings. The van der Waals surface area contributed by atoms with Crippen molar-refractivity contribution in [1.29, 1.82) is 0 Å². The Morgan fingerprint density at radius 3 is 2.29 bits per heavy atom. The van der Waals surface area contributed by atoms with E-state index in [2.05, 4.69) is 16.0 Å². The van der Waals surface area contributed by atoms with Gasteiger partial charge in [-0.05, 0) is 36.2 Å². The molecule has 0 aliphatic heterocycles. The molecule has 3 N–H and O–H groups in total. The van der Waals surface area contributed by atoms with Crippen LogP contribution in [0.4, 0.5) is 16.2 Å². The molecule has 0 bridgehead atoms. The van der Waals surface area contributed by atoms with Crippen LogP contribution in [0.25, 0.3) is 0 Å². The van der Waals surface area contributed by atoms with Crippen molar-refractivity contribution >= 4 is 23.3 Å². The lowest BCUT2D eigenvalue weighted by Gasteiger charge is -2.11. The summed E-state index contributed by atoms with van der Waals surface area (Å²) >= 11 is 0. The Balaban J connectivity index is 1.92. The van der Waals surface area contributed by atoms with E-state index < -0.39 is 0 Å². The minimum absolute atomic E-state index is 0.0591. The minimum atomic E-state index is -0.286. The second kappa shape index (κ2) is 8.15. The highest BCUT2D eigenvalue weighted by molar-refractivity contribution is 5.94. The Morgan fingerprint density at radius 1 is 0.958 bits per heavy atom. The predicted molar refractivity (Wildman–Crippen MR) is 96.9 cm³/mol. The fourth-order valence-electron chi connectivity index (χ4n) is 2.12. The van der Waals surface area contributed by atoms with Gasteiger partial charge in [0, 0.05) is 23.8 Å². The summed E-state index contributed by atoms with van der Waals surface area (Å²) in [5, 5.41) is 8.41. The van der Waals surface area contributed by atoms with Gasteiger partial charge in [-0.1, -0.05) is 44.2 Å². The van der Waals surface area contributed by atoms with Gasteiger partial charge in [0.1, 0.15) is 0 Å². The number of benzene rings is 2. The smallest absolute Gasteiger partial charge is 0.319 e. The Morgan fingerprint density at radius 2 is 1.62 bits per heavy atom. The molecule has 24 heavy (non-hydrogen) atoms. The maximum absolute atomic E-state index is 12.0. The number of nitrogens with one attached hydrogen (secondary N) is 3. The normalized spacial score (nSPS) is 10.3. The quantitative estimate of drug-likeness (QED) is 0.780. The molecule has 0 saturated carbocycles. The van der Waals surface area contributed by atoms with Gasteiger partial charge in [-0.2, -0.15) is 0 Å². The van der Waals surface area contributed by atoms with E-state index in [1.54, 1.807) is 24.3 Å². The molecule has 5 nitrogen and oxygen atoms in total. The Labute approximate surface area is 142 Å². The van der Waals surface area contributed by atoms with E-state index in [1.165, 1.54) is 0 Å². The number of rotatable bonds is 5. The molecule has 0 radical (unpaired) electrons. The van der Waals surface area contributed by atoms with Crippen molar-refractivity contribution in [2.24, 2.45) is 5.92 Å². The number of hydrogen-bond donors (Lipinski definition) is 3. The van der Waals surface area contributed by atoms with Gasteiger partial charge in [-0.3, -0.25) is 4.79 Å². The van der Waals surface area contributed by atoms with Crippen LogP contribution in [-0.4, -0.2) is 11.9 Å². The standard InChI is InChI=1S/C19H23N3O2/c1-13(2)18(23)21-16-9-6-10-17(11-16)22-19(24)20-12-15-8-5-4-7-14(15)3/h4-11,13H,12H2,1-3H3,(H,21,23)(H2,20,22,24). The Hall–Kier alpha value is -2.82. The summed E-state index contributed by atoms with van der Waals surface area (Å²) in [5.74, 6) is -0.157. The van der Waals surface area contributed by atoms with Crippen LogP contribution in [0.2, 0.25) is 0 Å². The van der Waals surface area contributed by atoms with Crippen molar-refractivity contribution in [3.05, 3.63) is 59.7 Å². The second-order valence-electron chi connectivity index (χ2n) is 5.96. The van der Waals surface area contributed by atoms with E-state index in [1.807, 2.05) is 45.0 Å². The van der Waals surface area contributed by atoms with Crippen LogP contribution in [-0.2, 0) is 11.3 Å². The molecule has 0 unspecified atom stereocenters. The van der Waals surface area contributed by atoms with E-state index >= 15 is 0 Å².